The molecule has 4 rings (SSSR count). The van der Waals surface area contributed by atoms with Crippen molar-refractivity contribution in [3.8, 4) is 0 Å². The molecule has 0 fully saturated rings. The predicted molar refractivity (Wildman–Crippen MR) is 134 cm³/mol. The lowest BCUT2D eigenvalue weighted by atomic mass is 10.1. The number of amides is 1. The SMILES string of the molecule is CCS(=O)(=O)O.C[N-]c1ccccc1CNc1nc(Nc2ccc3c(c2)CC(=O)N3)ncc1C(F)(F)F. The number of alkyl halides is 3. The number of benzene rings is 2. The number of carbonyl (C=O) groups excluding carboxylic acids is 1. The minimum absolute atomic E-state index is 0.00111. The molecule has 0 saturated carbocycles. The number of carbonyl (C=O) groups is 1. The number of hydrogen-bond donors (Lipinski definition) is 4. The molecule has 2 aromatic carbocycles. The maximum Gasteiger partial charge on any atom is 0.421 e. The first-order chi connectivity index (χ1) is 17.4. The van der Waals surface area contributed by atoms with Crippen LogP contribution in [0.5, 0.6) is 0 Å². The summed E-state index contributed by atoms with van der Waals surface area (Å²) < 4.78 is 67.3. The van der Waals surface area contributed by atoms with Crippen molar-refractivity contribution in [2.45, 2.75) is 26.1 Å². The van der Waals surface area contributed by atoms with Gasteiger partial charge in [-0.15, -0.1) is 12.7 Å². The highest BCUT2D eigenvalue weighted by Crippen LogP contribution is 2.35. The van der Waals surface area contributed by atoms with Crippen molar-refractivity contribution in [3.05, 3.63) is 70.7 Å². The minimum atomic E-state index is -4.62. The van der Waals surface area contributed by atoms with Crippen LogP contribution in [0.2, 0.25) is 0 Å². The molecule has 0 unspecified atom stereocenters. The number of nitrogens with zero attached hydrogens (tertiary/aromatic N) is 3. The number of hydrogen-bond acceptors (Lipinski definition) is 7. The highest BCUT2D eigenvalue weighted by Gasteiger charge is 2.35. The quantitative estimate of drug-likeness (QED) is 0.312. The Kier molecular flexibility index (Phi) is 8.55. The van der Waals surface area contributed by atoms with E-state index in [9.17, 15) is 26.4 Å². The summed E-state index contributed by atoms with van der Waals surface area (Å²) in [6.07, 6.45) is -3.63. The summed E-state index contributed by atoms with van der Waals surface area (Å²) >= 11 is 0. The molecule has 1 amide bonds. The van der Waals surface area contributed by atoms with E-state index in [-0.39, 0.29) is 36.4 Å². The number of rotatable bonds is 7. The van der Waals surface area contributed by atoms with Crippen LogP contribution in [0.15, 0.2) is 48.7 Å². The molecule has 3 aromatic rings. The van der Waals surface area contributed by atoms with Gasteiger partial charge >= 0.3 is 6.18 Å². The number of fused-ring (bicyclic) bond motifs is 1. The van der Waals surface area contributed by atoms with Crippen molar-refractivity contribution in [2.24, 2.45) is 0 Å². The number of nitrogens with one attached hydrogen (secondary N) is 3. The first kappa shape index (κ1) is 27.7. The summed E-state index contributed by atoms with van der Waals surface area (Å²) in [6.45, 7) is 1.48. The van der Waals surface area contributed by atoms with Gasteiger partial charge in [0.25, 0.3) is 10.1 Å². The van der Waals surface area contributed by atoms with Crippen molar-refractivity contribution in [1.29, 1.82) is 0 Å². The van der Waals surface area contributed by atoms with Gasteiger partial charge in [-0.2, -0.15) is 26.6 Å². The minimum Gasteiger partial charge on any atom is -0.687 e. The lowest BCUT2D eigenvalue weighted by Gasteiger charge is -2.21. The van der Waals surface area contributed by atoms with Crippen molar-refractivity contribution < 1.29 is 30.9 Å². The number of para-hydroxylation sites is 1. The van der Waals surface area contributed by atoms with Crippen molar-refractivity contribution in [3.63, 3.8) is 0 Å². The molecule has 1 aliphatic heterocycles. The van der Waals surface area contributed by atoms with Crippen LogP contribution in [-0.4, -0.2) is 41.6 Å². The van der Waals surface area contributed by atoms with E-state index in [0.29, 0.717) is 17.1 Å². The fourth-order valence-electron chi connectivity index (χ4n) is 3.28. The Morgan fingerprint density at radius 1 is 1.19 bits per heavy atom. The van der Waals surface area contributed by atoms with E-state index in [1.165, 1.54) is 6.92 Å². The van der Waals surface area contributed by atoms with Crippen LogP contribution in [0, 0.1) is 0 Å². The molecule has 0 atom stereocenters. The monoisotopic (exact) mass is 537 g/mol. The van der Waals surface area contributed by atoms with Gasteiger partial charge in [0, 0.05) is 24.1 Å². The maximum atomic E-state index is 13.5. The topological polar surface area (TPSA) is 147 Å². The number of halogens is 3. The molecule has 0 saturated heterocycles. The Balaban J connectivity index is 0.000000568. The Labute approximate surface area is 211 Å². The Morgan fingerprint density at radius 2 is 1.89 bits per heavy atom. The van der Waals surface area contributed by atoms with Gasteiger partial charge in [-0.25, -0.2) is 4.98 Å². The average Bonchev–Trinajstić information content (AvgIpc) is 3.21. The summed E-state index contributed by atoms with van der Waals surface area (Å²) in [5, 5.41) is 12.5. The fraction of sp³-hybridized carbons (Fsp3) is 0.261. The van der Waals surface area contributed by atoms with Crippen LogP contribution in [0.25, 0.3) is 5.32 Å². The first-order valence-electron chi connectivity index (χ1n) is 10.9. The molecule has 0 radical (unpaired) electrons. The van der Waals surface area contributed by atoms with Gasteiger partial charge in [-0.3, -0.25) is 9.35 Å². The third kappa shape index (κ3) is 7.79. The van der Waals surface area contributed by atoms with Gasteiger partial charge in [0.2, 0.25) is 11.9 Å². The second-order valence-electron chi connectivity index (χ2n) is 7.75. The molecule has 2 heterocycles. The summed E-state index contributed by atoms with van der Waals surface area (Å²) in [4.78, 5) is 19.4. The molecule has 0 spiro atoms. The highest BCUT2D eigenvalue weighted by molar-refractivity contribution is 7.85. The second kappa shape index (κ2) is 11.4. The average molecular weight is 538 g/mol. The zero-order valence-electron chi connectivity index (χ0n) is 19.8. The maximum absolute atomic E-state index is 13.5. The third-order valence-electron chi connectivity index (χ3n) is 5.12. The van der Waals surface area contributed by atoms with E-state index < -0.39 is 21.9 Å². The van der Waals surface area contributed by atoms with Crippen LogP contribution in [0.1, 0.15) is 23.6 Å². The molecule has 37 heavy (non-hydrogen) atoms. The van der Waals surface area contributed by atoms with Crippen LogP contribution < -0.4 is 16.0 Å². The van der Waals surface area contributed by atoms with Gasteiger partial charge in [0.15, 0.2) is 0 Å². The zero-order valence-corrected chi connectivity index (χ0v) is 20.6. The van der Waals surface area contributed by atoms with Crippen LogP contribution in [0.4, 0.5) is 42.0 Å². The summed E-state index contributed by atoms with van der Waals surface area (Å²) in [6, 6.07) is 12.3. The van der Waals surface area contributed by atoms with Crippen molar-refractivity contribution in [2.75, 3.05) is 28.8 Å². The van der Waals surface area contributed by atoms with Gasteiger partial charge < -0.3 is 21.3 Å². The molecular formula is C23H24F3N6O4S-. The molecule has 14 heteroatoms. The smallest absolute Gasteiger partial charge is 0.421 e. The zero-order chi connectivity index (χ0) is 27.2. The molecule has 1 aliphatic rings. The number of aromatic nitrogens is 2. The van der Waals surface area contributed by atoms with E-state index in [0.717, 1.165) is 17.3 Å². The third-order valence-corrected chi connectivity index (χ3v) is 5.85. The Morgan fingerprint density at radius 3 is 2.54 bits per heavy atom. The van der Waals surface area contributed by atoms with E-state index >= 15 is 0 Å². The molecule has 1 aromatic heterocycles. The van der Waals surface area contributed by atoms with Crippen LogP contribution in [0.3, 0.4) is 0 Å². The highest BCUT2D eigenvalue weighted by atomic mass is 32.2. The standard InChI is InChI=1S/C21H18F3N6O.C2H6O3S/c1-25-16-5-3-2-4-12(16)10-26-19-15(21(22,23)24)11-27-20(30-19)28-14-6-7-17-13(8-14)9-18(31)29-17;1-2-6(3,4)5/h2-8,11H,9-10H2,1H3,(H,29,31)(H2,26,27,28,30);2H2,1H3,(H,3,4,5)/q-1;. The van der Waals surface area contributed by atoms with Crippen molar-refractivity contribution >= 4 is 44.9 Å². The summed E-state index contributed by atoms with van der Waals surface area (Å²) in [5.74, 6) is -0.647. The number of anilines is 4. The normalized spacial score (nSPS) is 12.6. The molecule has 198 valence electrons. The second-order valence-corrected chi connectivity index (χ2v) is 9.49. The van der Waals surface area contributed by atoms with E-state index in [1.807, 2.05) is 0 Å². The van der Waals surface area contributed by atoms with Crippen molar-refractivity contribution in [1.82, 2.24) is 9.97 Å². The van der Waals surface area contributed by atoms with Gasteiger partial charge in [0.05, 0.1) is 12.2 Å². The molecule has 0 aliphatic carbocycles. The Hall–Kier alpha value is -3.91. The predicted octanol–water partition coefficient (Wildman–Crippen LogP) is 4.87. The fourth-order valence-corrected chi connectivity index (χ4v) is 3.28. The summed E-state index contributed by atoms with van der Waals surface area (Å²) in [5.41, 5.74) is 2.52. The van der Waals surface area contributed by atoms with E-state index in [1.54, 1.807) is 49.5 Å². The molecular weight excluding hydrogens is 513 g/mol. The Bertz CT molecular complexity index is 1380. The van der Waals surface area contributed by atoms with Crippen LogP contribution >= 0.6 is 0 Å². The van der Waals surface area contributed by atoms with Gasteiger partial charge in [-0.05, 0) is 36.2 Å². The molecule has 4 N–H and O–H groups in total. The first-order valence-corrected chi connectivity index (χ1v) is 12.5. The van der Waals surface area contributed by atoms with E-state index in [4.69, 9.17) is 4.55 Å². The van der Waals surface area contributed by atoms with E-state index in [2.05, 4.69) is 31.2 Å². The molecule has 0 bridgehead atoms. The van der Waals surface area contributed by atoms with Crippen LogP contribution in [-0.2, 0) is 34.1 Å². The summed E-state index contributed by atoms with van der Waals surface area (Å²) in [7, 11) is -2.04. The molecule has 10 nitrogen and oxygen atoms in total. The lowest BCUT2D eigenvalue weighted by Crippen LogP contribution is -2.14. The van der Waals surface area contributed by atoms with Gasteiger partial charge in [0.1, 0.15) is 11.4 Å². The lowest BCUT2D eigenvalue weighted by molar-refractivity contribution is -0.137. The largest absolute Gasteiger partial charge is 0.687 e. The van der Waals surface area contributed by atoms with Gasteiger partial charge in [-0.1, -0.05) is 24.3 Å².